The first-order valence-electron chi connectivity index (χ1n) is 8.72. The number of rotatable bonds is 8. The van der Waals surface area contributed by atoms with Gasteiger partial charge in [-0.3, -0.25) is 9.59 Å². The third-order valence-corrected chi connectivity index (χ3v) is 4.43. The highest BCUT2D eigenvalue weighted by molar-refractivity contribution is 5.97. The zero-order valence-electron chi connectivity index (χ0n) is 16.0. The fourth-order valence-electron chi connectivity index (χ4n) is 2.45. The molecule has 1 rings (SSSR count). The monoisotopic (exact) mass is 369 g/mol. The highest BCUT2D eigenvalue weighted by Gasteiger charge is 2.16. The van der Waals surface area contributed by atoms with Gasteiger partial charge < -0.3 is 15.5 Å². The normalized spacial score (nSPS) is 11.6. The van der Waals surface area contributed by atoms with Gasteiger partial charge in [0.1, 0.15) is 0 Å². The van der Waals surface area contributed by atoms with Gasteiger partial charge in [0.05, 0.1) is 0 Å². The van der Waals surface area contributed by atoms with Crippen LogP contribution in [0.2, 0.25) is 0 Å². The molecule has 0 aromatic heterocycles. The van der Waals surface area contributed by atoms with Crippen molar-refractivity contribution in [1.29, 1.82) is 0 Å². The average Bonchev–Trinajstić information content (AvgIpc) is 2.59. The van der Waals surface area contributed by atoms with Gasteiger partial charge in [0, 0.05) is 43.9 Å². The van der Waals surface area contributed by atoms with Gasteiger partial charge in [-0.05, 0) is 50.5 Å². The summed E-state index contributed by atoms with van der Waals surface area (Å²) in [4.78, 5) is 28.2. The molecule has 142 valence electrons. The largest absolute Gasteiger partial charge is 0.342 e. The van der Waals surface area contributed by atoms with Crippen LogP contribution in [-0.2, 0) is 0 Å². The minimum atomic E-state index is -0.0483. The molecule has 2 amide bonds. The first kappa shape index (κ1) is 23.4. The van der Waals surface area contributed by atoms with Crippen molar-refractivity contribution in [2.45, 2.75) is 40.2 Å². The van der Waals surface area contributed by atoms with Crippen molar-refractivity contribution in [2.24, 2.45) is 11.7 Å². The molecule has 0 spiro atoms. The molecule has 2 N–H and O–H groups in total. The van der Waals surface area contributed by atoms with E-state index in [1.165, 1.54) is 0 Å². The molecule has 6 heteroatoms. The predicted molar refractivity (Wildman–Crippen MR) is 105 cm³/mol. The minimum absolute atomic E-state index is 0. The van der Waals surface area contributed by atoms with Crippen LogP contribution in [0.25, 0.3) is 0 Å². The second-order valence-electron chi connectivity index (χ2n) is 6.48. The number of nitrogens with two attached hydrogens (primary N) is 1. The Hall–Kier alpha value is -1.59. The van der Waals surface area contributed by atoms with Crippen molar-refractivity contribution in [3.8, 4) is 0 Å². The molecule has 0 heterocycles. The third-order valence-electron chi connectivity index (χ3n) is 4.43. The van der Waals surface area contributed by atoms with Crippen LogP contribution < -0.4 is 5.73 Å². The van der Waals surface area contributed by atoms with Crippen molar-refractivity contribution in [3.63, 3.8) is 0 Å². The Balaban J connectivity index is 0.00000576. The molecule has 5 nitrogen and oxygen atoms in total. The molecule has 0 aliphatic carbocycles. The van der Waals surface area contributed by atoms with Crippen LogP contribution in [0.1, 0.15) is 54.8 Å². The average molecular weight is 370 g/mol. The van der Waals surface area contributed by atoms with E-state index in [-0.39, 0.29) is 30.3 Å². The molecule has 0 saturated heterocycles. The van der Waals surface area contributed by atoms with Gasteiger partial charge in [0.2, 0.25) is 0 Å². The van der Waals surface area contributed by atoms with Crippen LogP contribution in [0.4, 0.5) is 0 Å². The second-order valence-corrected chi connectivity index (χ2v) is 6.48. The molecule has 1 unspecified atom stereocenters. The van der Waals surface area contributed by atoms with Crippen molar-refractivity contribution >= 4 is 24.2 Å². The number of benzene rings is 1. The van der Waals surface area contributed by atoms with Crippen LogP contribution in [0.15, 0.2) is 24.3 Å². The fourth-order valence-corrected chi connectivity index (χ4v) is 2.45. The number of carbonyl (C=O) groups is 2. The van der Waals surface area contributed by atoms with E-state index < -0.39 is 0 Å². The summed E-state index contributed by atoms with van der Waals surface area (Å²) in [6, 6.07) is 6.98. The Bertz CT molecular complexity index is 542. The van der Waals surface area contributed by atoms with E-state index in [2.05, 4.69) is 13.8 Å². The van der Waals surface area contributed by atoms with E-state index in [9.17, 15) is 9.59 Å². The molecule has 1 aromatic rings. The topological polar surface area (TPSA) is 66.6 Å². The summed E-state index contributed by atoms with van der Waals surface area (Å²) in [5, 5.41) is 0. The maximum absolute atomic E-state index is 12.4. The summed E-state index contributed by atoms with van der Waals surface area (Å²) in [6.45, 7) is 10.0. The fraction of sp³-hybridized carbons (Fsp3) is 0.579. The Kier molecular flexibility index (Phi) is 10.4. The second kappa shape index (κ2) is 11.1. The van der Waals surface area contributed by atoms with Gasteiger partial charge in [0.25, 0.3) is 11.8 Å². The number of hydrogen-bond acceptors (Lipinski definition) is 3. The Morgan fingerprint density at radius 1 is 1.00 bits per heavy atom. The maximum atomic E-state index is 12.4. The number of hydrogen-bond donors (Lipinski definition) is 1. The zero-order chi connectivity index (χ0) is 18.3. The Labute approximate surface area is 158 Å². The SMILES string of the molecule is CCN(CC)C(=O)c1ccc(C(=O)N(C)CCC(N)C(C)C)cc1.Cl. The lowest BCUT2D eigenvalue weighted by Gasteiger charge is -2.22. The highest BCUT2D eigenvalue weighted by atomic mass is 35.5. The van der Waals surface area contributed by atoms with Crippen molar-refractivity contribution in [3.05, 3.63) is 35.4 Å². The van der Waals surface area contributed by atoms with Crippen molar-refractivity contribution in [1.82, 2.24) is 9.80 Å². The van der Waals surface area contributed by atoms with Gasteiger partial charge in [-0.2, -0.15) is 0 Å². The van der Waals surface area contributed by atoms with Gasteiger partial charge in [0.15, 0.2) is 0 Å². The molecule has 1 aromatic carbocycles. The van der Waals surface area contributed by atoms with Crippen molar-refractivity contribution in [2.75, 3.05) is 26.7 Å². The van der Waals surface area contributed by atoms with Gasteiger partial charge in [-0.1, -0.05) is 13.8 Å². The Morgan fingerprint density at radius 2 is 1.44 bits per heavy atom. The standard InChI is InChI=1S/C19H31N3O2.ClH/c1-6-22(7-2)19(24)16-10-8-15(9-11-16)18(23)21(5)13-12-17(20)14(3)4;/h8-11,14,17H,6-7,12-13,20H2,1-5H3;1H. The molecule has 0 bridgehead atoms. The highest BCUT2D eigenvalue weighted by Crippen LogP contribution is 2.11. The van der Waals surface area contributed by atoms with E-state index in [4.69, 9.17) is 5.73 Å². The predicted octanol–water partition coefficient (Wildman–Crippen LogP) is 3.04. The van der Waals surface area contributed by atoms with Gasteiger partial charge in [-0.25, -0.2) is 0 Å². The molecule has 0 radical (unpaired) electrons. The maximum Gasteiger partial charge on any atom is 0.253 e. The zero-order valence-corrected chi connectivity index (χ0v) is 16.8. The molecule has 1 atom stereocenters. The summed E-state index contributed by atoms with van der Waals surface area (Å²) >= 11 is 0. The Morgan fingerprint density at radius 3 is 1.84 bits per heavy atom. The van der Waals surface area contributed by atoms with Crippen molar-refractivity contribution < 1.29 is 9.59 Å². The summed E-state index contributed by atoms with van der Waals surface area (Å²) in [5.74, 6) is 0.349. The van der Waals surface area contributed by atoms with E-state index in [0.717, 1.165) is 6.42 Å². The lowest BCUT2D eigenvalue weighted by Crippen LogP contribution is -2.34. The van der Waals surface area contributed by atoms with Crippen LogP contribution in [-0.4, -0.2) is 54.3 Å². The summed E-state index contributed by atoms with van der Waals surface area (Å²) in [7, 11) is 1.78. The number of amides is 2. The molecule has 0 aliphatic heterocycles. The van der Waals surface area contributed by atoms with Gasteiger partial charge >= 0.3 is 0 Å². The van der Waals surface area contributed by atoms with Crippen LogP contribution in [0, 0.1) is 5.92 Å². The minimum Gasteiger partial charge on any atom is -0.342 e. The summed E-state index contributed by atoms with van der Waals surface area (Å²) in [5.41, 5.74) is 7.23. The van der Waals surface area contributed by atoms with Crippen LogP contribution in [0.3, 0.4) is 0 Å². The first-order valence-corrected chi connectivity index (χ1v) is 8.72. The molecule has 0 aliphatic rings. The van der Waals surface area contributed by atoms with Crippen LogP contribution in [0.5, 0.6) is 0 Å². The smallest absolute Gasteiger partial charge is 0.253 e. The van der Waals surface area contributed by atoms with E-state index in [0.29, 0.717) is 36.7 Å². The number of carbonyl (C=O) groups excluding carboxylic acids is 2. The number of nitrogens with zero attached hydrogens (tertiary/aromatic N) is 2. The quantitative estimate of drug-likeness (QED) is 0.765. The molecular weight excluding hydrogens is 338 g/mol. The summed E-state index contributed by atoms with van der Waals surface area (Å²) in [6.07, 6.45) is 0.776. The molecule has 0 fully saturated rings. The molecule has 0 saturated carbocycles. The number of halogens is 1. The van der Waals surface area contributed by atoms with Gasteiger partial charge in [-0.15, -0.1) is 12.4 Å². The van der Waals surface area contributed by atoms with E-state index in [1.54, 1.807) is 41.1 Å². The molecule has 25 heavy (non-hydrogen) atoms. The lowest BCUT2D eigenvalue weighted by molar-refractivity contribution is 0.0766. The third kappa shape index (κ3) is 6.67. The summed E-state index contributed by atoms with van der Waals surface area (Å²) < 4.78 is 0. The lowest BCUT2D eigenvalue weighted by atomic mass is 10.0. The van der Waals surface area contributed by atoms with E-state index in [1.807, 2.05) is 13.8 Å². The first-order chi connectivity index (χ1) is 11.3. The van der Waals surface area contributed by atoms with Crippen LogP contribution >= 0.6 is 12.4 Å². The molecular formula is C19H32ClN3O2. The van der Waals surface area contributed by atoms with E-state index >= 15 is 0 Å².